The number of amides is 2. The number of aryl methyl sites for hydroxylation is 2. The van der Waals surface area contributed by atoms with Crippen LogP contribution in [0.2, 0.25) is 0 Å². The van der Waals surface area contributed by atoms with Crippen molar-refractivity contribution in [1.82, 2.24) is 0 Å². The first-order chi connectivity index (χ1) is 16.3. The van der Waals surface area contributed by atoms with Gasteiger partial charge in [-0.2, -0.15) is 0 Å². The third-order valence-electron chi connectivity index (χ3n) is 5.35. The standard InChI is InChI=1S/C26H23N3O5/c1-4-34-22-11-7-19(8-12-22)27-24-23(18-5-9-20(10-6-18)29(32)33)25(30)28(26(24)31)21-14-16(2)13-17(3)15-21/h5-15,27H,4H2,1-3H3. The van der Waals surface area contributed by atoms with E-state index in [9.17, 15) is 19.7 Å². The maximum Gasteiger partial charge on any atom is 0.282 e. The van der Waals surface area contributed by atoms with Gasteiger partial charge in [0.25, 0.3) is 17.5 Å². The van der Waals surface area contributed by atoms with Crippen molar-refractivity contribution in [3.63, 3.8) is 0 Å². The second kappa shape index (κ2) is 9.19. The second-order valence-corrected chi connectivity index (χ2v) is 7.93. The van der Waals surface area contributed by atoms with Crippen LogP contribution in [0.25, 0.3) is 5.57 Å². The highest BCUT2D eigenvalue weighted by atomic mass is 16.6. The van der Waals surface area contributed by atoms with Gasteiger partial charge in [-0.3, -0.25) is 19.7 Å². The van der Waals surface area contributed by atoms with Crippen LogP contribution < -0.4 is 15.0 Å². The van der Waals surface area contributed by atoms with E-state index in [0.717, 1.165) is 16.0 Å². The van der Waals surface area contributed by atoms with Gasteiger partial charge in [-0.1, -0.05) is 6.07 Å². The molecule has 0 aliphatic carbocycles. The van der Waals surface area contributed by atoms with Crippen LogP contribution in [0, 0.1) is 24.0 Å². The zero-order chi connectivity index (χ0) is 24.4. The van der Waals surface area contributed by atoms with Gasteiger partial charge in [0, 0.05) is 17.8 Å². The van der Waals surface area contributed by atoms with Crippen LogP contribution in [0.4, 0.5) is 17.1 Å². The van der Waals surface area contributed by atoms with Crippen LogP contribution in [-0.2, 0) is 9.59 Å². The average Bonchev–Trinajstić information content (AvgIpc) is 3.04. The van der Waals surface area contributed by atoms with Gasteiger partial charge in [-0.15, -0.1) is 0 Å². The lowest BCUT2D eigenvalue weighted by molar-refractivity contribution is -0.384. The quantitative estimate of drug-likeness (QED) is 0.304. The largest absolute Gasteiger partial charge is 0.494 e. The van der Waals surface area contributed by atoms with Crippen molar-refractivity contribution < 1.29 is 19.2 Å². The van der Waals surface area contributed by atoms with E-state index in [1.54, 1.807) is 36.4 Å². The van der Waals surface area contributed by atoms with Gasteiger partial charge in [-0.25, -0.2) is 4.90 Å². The number of carbonyl (C=O) groups is 2. The number of ether oxygens (including phenoxy) is 1. The van der Waals surface area contributed by atoms with Crippen molar-refractivity contribution >= 4 is 34.4 Å². The van der Waals surface area contributed by atoms with Gasteiger partial charge in [0.1, 0.15) is 11.4 Å². The molecule has 0 spiro atoms. The number of hydrogen-bond donors (Lipinski definition) is 1. The molecule has 0 fully saturated rings. The summed E-state index contributed by atoms with van der Waals surface area (Å²) in [6.07, 6.45) is 0. The van der Waals surface area contributed by atoms with Gasteiger partial charge in [0.05, 0.1) is 22.8 Å². The minimum Gasteiger partial charge on any atom is -0.494 e. The first-order valence-corrected chi connectivity index (χ1v) is 10.7. The fraction of sp³-hybridized carbons (Fsp3) is 0.154. The number of nitrogens with one attached hydrogen (secondary N) is 1. The molecule has 0 aromatic heterocycles. The molecular formula is C26H23N3O5. The Hall–Kier alpha value is -4.46. The molecule has 0 unspecified atom stereocenters. The smallest absolute Gasteiger partial charge is 0.282 e. The highest BCUT2D eigenvalue weighted by Gasteiger charge is 2.40. The van der Waals surface area contributed by atoms with E-state index >= 15 is 0 Å². The highest BCUT2D eigenvalue weighted by molar-refractivity contribution is 6.46. The van der Waals surface area contributed by atoms with Crippen LogP contribution in [0.1, 0.15) is 23.6 Å². The predicted octanol–water partition coefficient (Wildman–Crippen LogP) is 5.01. The molecule has 4 rings (SSSR count). The number of nitro groups is 1. The number of hydrogen-bond acceptors (Lipinski definition) is 6. The maximum absolute atomic E-state index is 13.6. The molecule has 3 aromatic rings. The molecule has 1 heterocycles. The minimum absolute atomic E-state index is 0.0992. The van der Waals surface area contributed by atoms with E-state index in [2.05, 4.69) is 5.32 Å². The zero-order valence-electron chi connectivity index (χ0n) is 19.0. The molecule has 8 nitrogen and oxygen atoms in total. The van der Waals surface area contributed by atoms with Crippen LogP contribution in [0.5, 0.6) is 5.75 Å². The summed E-state index contributed by atoms with van der Waals surface area (Å²) >= 11 is 0. The van der Waals surface area contributed by atoms with E-state index < -0.39 is 16.7 Å². The van der Waals surface area contributed by atoms with Gasteiger partial charge >= 0.3 is 0 Å². The Morgan fingerprint density at radius 3 is 2.09 bits per heavy atom. The van der Waals surface area contributed by atoms with E-state index in [4.69, 9.17) is 4.74 Å². The van der Waals surface area contributed by atoms with Crippen molar-refractivity contribution in [1.29, 1.82) is 0 Å². The number of nitro benzene ring substituents is 1. The van der Waals surface area contributed by atoms with Crippen LogP contribution in [-0.4, -0.2) is 23.3 Å². The molecule has 0 bridgehead atoms. The lowest BCUT2D eigenvalue weighted by Gasteiger charge is -2.17. The van der Waals surface area contributed by atoms with E-state index in [1.807, 2.05) is 26.8 Å². The second-order valence-electron chi connectivity index (χ2n) is 7.93. The third-order valence-corrected chi connectivity index (χ3v) is 5.35. The molecule has 1 aliphatic rings. The normalized spacial score (nSPS) is 13.4. The summed E-state index contributed by atoms with van der Waals surface area (Å²) in [5.74, 6) is -0.321. The van der Waals surface area contributed by atoms with Crippen LogP contribution >= 0.6 is 0 Å². The molecule has 8 heteroatoms. The van der Waals surface area contributed by atoms with E-state index in [1.165, 1.54) is 24.3 Å². The van der Waals surface area contributed by atoms with E-state index in [0.29, 0.717) is 29.3 Å². The van der Waals surface area contributed by atoms with Crippen molar-refractivity contribution in [3.05, 3.63) is 99.2 Å². The minimum atomic E-state index is -0.513. The average molecular weight is 457 g/mol. The Morgan fingerprint density at radius 1 is 0.912 bits per heavy atom. The van der Waals surface area contributed by atoms with Gasteiger partial charge < -0.3 is 10.1 Å². The molecule has 0 saturated carbocycles. The Morgan fingerprint density at radius 2 is 1.53 bits per heavy atom. The SMILES string of the molecule is CCOc1ccc(NC2=C(c3ccc([N+](=O)[O-])cc3)C(=O)N(c3cc(C)cc(C)c3)C2=O)cc1. The van der Waals surface area contributed by atoms with Gasteiger partial charge in [0.2, 0.25) is 0 Å². The Bertz CT molecular complexity index is 1290. The number of benzene rings is 3. The lowest BCUT2D eigenvalue weighted by Crippen LogP contribution is -2.32. The zero-order valence-corrected chi connectivity index (χ0v) is 19.0. The monoisotopic (exact) mass is 457 g/mol. The van der Waals surface area contributed by atoms with Crippen LogP contribution in [0.3, 0.4) is 0 Å². The lowest BCUT2D eigenvalue weighted by atomic mass is 10.0. The molecular weight excluding hydrogens is 434 g/mol. The summed E-state index contributed by atoms with van der Waals surface area (Å²) in [4.78, 5) is 38.8. The van der Waals surface area contributed by atoms with Gasteiger partial charge in [0.15, 0.2) is 0 Å². The molecule has 1 N–H and O–H groups in total. The number of non-ortho nitro benzene ring substituents is 1. The Kier molecular flexibility index (Phi) is 6.14. The number of anilines is 2. The maximum atomic E-state index is 13.6. The van der Waals surface area contributed by atoms with Crippen LogP contribution in [0.15, 0.2) is 72.4 Å². The summed E-state index contributed by atoms with van der Waals surface area (Å²) in [5, 5.41) is 14.2. The number of imide groups is 1. The van der Waals surface area contributed by atoms with Crippen molar-refractivity contribution in [2.45, 2.75) is 20.8 Å². The molecule has 3 aromatic carbocycles. The summed E-state index contributed by atoms with van der Waals surface area (Å²) in [6, 6.07) is 18.1. The Labute approximate surface area is 196 Å². The first kappa shape index (κ1) is 22.7. The summed E-state index contributed by atoms with van der Waals surface area (Å²) in [7, 11) is 0. The molecule has 0 saturated heterocycles. The summed E-state index contributed by atoms with van der Waals surface area (Å²) in [5.41, 5.74) is 3.45. The highest BCUT2D eigenvalue weighted by Crippen LogP contribution is 2.35. The molecule has 0 radical (unpaired) electrons. The van der Waals surface area contributed by atoms with Crippen molar-refractivity contribution in [2.75, 3.05) is 16.8 Å². The Balaban J connectivity index is 1.79. The third kappa shape index (κ3) is 4.38. The predicted molar refractivity (Wildman–Crippen MR) is 130 cm³/mol. The summed E-state index contributed by atoms with van der Waals surface area (Å²) in [6.45, 7) is 6.20. The van der Waals surface area contributed by atoms with Gasteiger partial charge in [-0.05, 0) is 86.0 Å². The number of rotatable bonds is 7. The fourth-order valence-corrected chi connectivity index (χ4v) is 3.92. The fourth-order valence-electron chi connectivity index (χ4n) is 3.92. The molecule has 34 heavy (non-hydrogen) atoms. The molecule has 0 atom stereocenters. The molecule has 2 amide bonds. The number of carbonyl (C=O) groups excluding carboxylic acids is 2. The van der Waals surface area contributed by atoms with Crippen molar-refractivity contribution in [2.24, 2.45) is 0 Å². The van der Waals surface area contributed by atoms with E-state index in [-0.39, 0.29) is 17.0 Å². The number of nitrogens with zero attached hydrogens (tertiary/aromatic N) is 2. The van der Waals surface area contributed by atoms with Crippen molar-refractivity contribution in [3.8, 4) is 5.75 Å². The first-order valence-electron chi connectivity index (χ1n) is 10.7. The summed E-state index contributed by atoms with van der Waals surface area (Å²) < 4.78 is 5.46. The topological polar surface area (TPSA) is 102 Å². The molecule has 1 aliphatic heterocycles. The molecule has 172 valence electrons.